The highest BCUT2D eigenvalue weighted by Gasteiger charge is 2.43. The molecule has 21 heavy (non-hydrogen) atoms. The third-order valence-electron chi connectivity index (χ3n) is 5.19. The van der Waals surface area contributed by atoms with Gasteiger partial charge < -0.3 is 20.3 Å². The molecule has 0 unspecified atom stereocenters. The minimum absolute atomic E-state index is 0.593. The van der Waals surface area contributed by atoms with Crippen LogP contribution in [0, 0.1) is 5.41 Å². The summed E-state index contributed by atoms with van der Waals surface area (Å²) in [6.45, 7) is 7.03. The van der Waals surface area contributed by atoms with Gasteiger partial charge in [-0.1, -0.05) is 6.92 Å². The van der Waals surface area contributed by atoms with E-state index >= 15 is 0 Å². The molecule has 0 aromatic heterocycles. The molecule has 3 rings (SSSR count). The Hall–Kier alpha value is -1.42. The van der Waals surface area contributed by atoms with Crippen molar-refractivity contribution in [2.75, 3.05) is 51.0 Å². The van der Waals surface area contributed by atoms with Gasteiger partial charge in [0, 0.05) is 37.9 Å². The highest BCUT2D eigenvalue weighted by molar-refractivity contribution is 5.67. The Labute approximate surface area is 127 Å². The molecule has 1 aromatic carbocycles. The smallest absolute Gasteiger partial charge is 0.143 e. The second kappa shape index (κ2) is 5.41. The number of hydrogen-bond acceptors (Lipinski definition) is 4. The first kappa shape index (κ1) is 14.5. The molecular formula is C17H27N3O. The minimum atomic E-state index is 0.593. The molecule has 2 heterocycles. The van der Waals surface area contributed by atoms with Gasteiger partial charge in [-0.05, 0) is 43.4 Å². The van der Waals surface area contributed by atoms with Gasteiger partial charge in [0.05, 0.1) is 12.8 Å². The van der Waals surface area contributed by atoms with Crippen molar-refractivity contribution in [1.29, 1.82) is 0 Å². The van der Waals surface area contributed by atoms with Gasteiger partial charge in [-0.25, -0.2) is 0 Å². The maximum Gasteiger partial charge on any atom is 0.143 e. The molecule has 0 amide bonds. The van der Waals surface area contributed by atoms with Crippen molar-refractivity contribution in [3.05, 3.63) is 17.7 Å². The van der Waals surface area contributed by atoms with E-state index in [9.17, 15) is 0 Å². The monoisotopic (exact) mass is 289 g/mol. The number of rotatable bonds is 3. The summed E-state index contributed by atoms with van der Waals surface area (Å²) < 4.78 is 5.40. The van der Waals surface area contributed by atoms with E-state index in [0.29, 0.717) is 5.41 Å². The zero-order chi connectivity index (χ0) is 15.0. The summed E-state index contributed by atoms with van der Waals surface area (Å²) in [6.07, 6.45) is 3.61. The SMILES string of the molecule is CCc1cc(N)c(OC)cc1N1CCC2(CC1)CN(C)C2. The van der Waals surface area contributed by atoms with Gasteiger partial charge in [-0.15, -0.1) is 0 Å². The molecule has 2 saturated heterocycles. The van der Waals surface area contributed by atoms with Crippen molar-refractivity contribution >= 4 is 11.4 Å². The van der Waals surface area contributed by atoms with Gasteiger partial charge in [-0.2, -0.15) is 0 Å². The lowest BCUT2D eigenvalue weighted by Gasteiger charge is -2.53. The van der Waals surface area contributed by atoms with E-state index in [0.717, 1.165) is 30.9 Å². The van der Waals surface area contributed by atoms with Crippen LogP contribution in [-0.4, -0.2) is 45.2 Å². The number of likely N-dealkylation sites (tertiary alicyclic amines) is 1. The van der Waals surface area contributed by atoms with Gasteiger partial charge in [0.25, 0.3) is 0 Å². The molecule has 1 spiro atoms. The number of benzene rings is 1. The predicted octanol–water partition coefficient (Wildman–Crippen LogP) is 2.37. The van der Waals surface area contributed by atoms with Crippen molar-refractivity contribution in [1.82, 2.24) is 4.90 Å². The van der Waals surface area contributed by atoms with Gasteiger partial charge >= 0.3 is 0 Å². The summed E-state index contributed by atoms with van der Waals surface area (Å²) in [5.74, 6) is 0.797. The molecule has 0 radical (unpaired) electrons. The first-order valence-electron chi connectivity index (χ1n) is 7.97. The number of piperidine rings is 1. The number of ether oxygens (including phenoxy) is 1. The Morgan fingerprint density at radius 2 is 1.90 bits per heavy atom. The second-order valence-electron chi connectivity index (χ2n) is 6.74. The van der Waals surface area contributed by atoms with Crippen LogP contribution in [0.15, 0.2) is 12.1 Å². The minimum Gasteiger partial charge on any atom is -0.495 e. The molecule has 0 atom stereocenters. The highest BCUT2D eigenvalue weighted by atomic mass is 16.5. The fourth-order valence-corrected chi connectivity index (χ4v) is 4.02. The molecule has 0 aliphatic carbocycles. The summed E-state index contributed by atoms with van der Waals surface area (Å²) in [7, 11) is 3.91. The van der Waals surface area contributed by atoms with Crippen molar-refractivity contribution < 1.29 is 4.74 Å². The molecule has 2 N–H and O–H groups in total. The van der Waals surface area contributed by atoms with Crippen molar-refractivity contribution in [3.8, 4) is 5.75 Å². The highest BCUT2D eigenvalue weighted by Crippen LogP contribution is 2.42. The molecule has 4 heteroatoms. The maximum atomic E-state index is 6.05. The van der Waals surface area contributed by atoms with E-state index in [1.807, 2.05) is 0 Å². The average Bonchev–Trinajstić information content (AvgIpc) is 2.46. The summed E-state index contributed by atoms with van der Waals surface area (Å²) in [6, 6.07) is 4.20. The Kier molecular flexibility index (Phi) is 3.74. The molecule has 2 fully saturated rings. The van der Waals surface area contributed by atoms with E-state index < -0.39 is 0 Å². The number of anilines is 2. The number of nitrogen functional groups attached to an aromatic ring is 1. The summed E-state index contributed by atoms with van der Waals surface area (Å²) in [5.41, 5.74) is 10.0. The first-order chi connectivity index (χ1) is 10.1. The number of nitrogens with zero attached hydrogens (tertiary/aromatic N) is 2. The van der Waals surface area contributed by atoms with Crippen LogP contribution in [0.2, 0.25) is 0 Å². The normalized spacial score (nSPS) is 21.4. The Balaban J connectivity index is 1.78. The Morgan fingerprint density at radius 3 is 2.43 bits per heavy atom. The zero-order valence-corrected chi connectivity index (χ0v) is 13.5. The van der Waals surface area contributed by atoms with Gasteiger partial charge in [0.1, 0.15) is 5.75 Å². The summed E-state index contributed by atoms with van der Waals surface area (Å²) in [5, 5.41) is 0. The number of nitrogens with two attached hydrogens (primary N) is 1. The van der Waals surface area contributed by atoms with Gasteiger partial charge in [0.15, 0.2) is 0 Å². The molecule has 116 valence electrons. The lowest BCUT2D eigenvalue weighted by Crippen LogP contribution is -2.58. The van der Waals surface area contributed by atoms with Crippen LogP contribution in [0.3, 0.4) is 0 Å². The Morgan fingerprint density at radius 1 is 1.24 bits per heavy atom. The van der Waals surface area contributed by atoms with E-state index in [2.05, 4.69) is 35.9 Å². The lowest BCUT2D eigenvalue weighted by molar-refractivity contribution is 0.00129. The van der Waals surface area contributed by atoms with E-state index in [1.54, 1.807) is 7.11 Å². The van der Waals surface area contributed by atoms with E-state index in [4.69, 9.17) is 10.5 Å². The predicted molar refractivity (Wildman–Crippen MR) is 88.2 cm³/mol. The van der Waals surface area contributed by atoms with Crippen LogP contribution in [0.4, 0.5) is 11.4 Å². The van der Waals surface area contributed by atoms with Crippen LogP contribution in [-0.2, 0) is 6.42 Å². The zero-order valence-electron chi connectivity index (χ0n) is 13.5. The van der Waals surface area contributed by atoms with Crippen LogP contribution in [0.5, 0.6) is 5.75 Å². The molecule has 0 bridgehead atoms. The molecule has 2 aliphatic heterocycles. The van der Waals surface area contributed by atoms with E-state index in [1.165, 1.54) is 37.2 Å². The molecule has 4 nitrogen and oxygen atoms in total. The van der Waals surface area contributed by atoms with Gasteiger partial charge in [-0.3, -0.25) is 0 Å². The van der Waals surface area contributed by atoms with Crippen LogP contribution < -0.4 is 15.4 Å². The lowest BCUT2D eigenvalue weighted by atomic mass is 9.72. The largest absolute Gasteiger partial charge is 0.495 e. The molecular weight excluding hydrogens is 262 g/mol. The quantitative estimate of drug-likeness (QED) is 0.868. The Bertz CT molecular complexity index is 513. The van der Waals surface area contributed by atoms with Crippen LogP contribution in [0.25, 0.3) is 0 Å². The van der Waals surface area contributed by atoms with Crippen LogP contribution in [0.1, 0.15) is 25.3 Å². The fraction of sp³-hybridized carbons (Fsp3) is 0.647. The van der Waals surface area contributed by atoms with E-state index in [-0.39, 0.29) is 0 Å². The van der Waals surface area contributed by atoms with Crippen LogP contribution >= 0.6 is 0 Å². The third-order valence-corrected chi connectivity index (χ3v) is 5.19. The van der Waals surface area contributed by atoms with Crippen molar-refractivity contribution in [3.63, 3.8) is 0 Å². The van der Waals surface area contributed by atoms with Crippen molar-refractivity contribution in [2.45, 2.75) is 26.2 Å². The summed E-state index contributed by atoms with van der Waals surface area (Å²) >= 11 is 0. The fourth-order valence-electron chi connectivity index (χ4n) is 4.02. The first-order valence-corrected chi connectivity index (χ1v) is 7.97. The number of hydrogen-bond donors (Lipinski definition) is 1. The number of aryl methyl sites for hydroxylation is 1. The summed E-state index contributed by atoms with van der Waals surface area (Å²) in [4.78, 5) is 4.95. The standard InChI is InChI=1S/C17H27N3O/c1-4-13-9-14(18)16(21-3)10-15(13)20-7-5-17(6-8-20)11-19(2)12-17/h9-10H,4-8,11-12,18H2,1-3H3. The average molecular weight is 289 g/mol. The van der Waals surface area contributed by atoms with Crippen molar-refractivity contribution in [2.24, 2.45) is 5.41 Å². The molecule has 2 aliphatic rings. The topological polar surface area (TPSA) is 41.7 Å². The molecule has 0 saturated carbocycles. The number of methoxy groups -OCH3 is 1. The second-order valence-corrected chi connectivity index (χ2v) is 6.74. The molecule has 1 aromatic rings. The van der Waals surface area contributed by atoms with Gasteiger partial charge in [0.2, 0.25) is 0 Å². The maximum absolute atomic E-state index is 6.05. The third kappa shape index (κ3) is 2.57.